The van der Waals surface area contributed by atoms with Crippen molar-refractivity contribution in [3.05, 3.63) is 303 Å². The fraction of sp³-hybridized carbons (Fsp3) is 0.0488. The molecule has 8 heteroatoms. The first kappa shape index (κ1) is 51.5. The molecule has 426 valence electrons. The van der Waals surface area contributed by atoms with Gasteiger partial charge in [0.05, 0.1) is 66.5 Å². The van der Waals surface area contributed by atoms with E-state index in [0.29, 0.717) is 11.5 Å². The normalized spacial score (nSPS) is 12.2. The highest BCUT2D eigenvalue weighted by Crippen LogP contribution is 2.43. The maximum absolute atomic E-state index is 7.05. The number of aromatic nitrogens is 7. The summed E-state index contributed by atoms with van der Waals surface area (Å²) in [5, 5.41) is 9.42. The SMILES string of the molecule is CC(C)(C)c1ccnc(-n2c3ccc(-c4ccc5c(c4)c4ccccc4n5-c4ccccc4)cc3c3ccc(Oc4cccc(-n5[c-][n+](-c6c(-n7c8ccccc8c8ccccc87)ccc7c8ccccc8n(-c8ccccc8)c67)c6ccccc65)c4)cc32)c1. The van der Waals surface area contributed by atoms with Gasteiger partial charge in [0.2, 0.25) is 0 Å². The van der Waals surface area contributed by atoms with E-state index in [9.17, 15) is 0 Å². The average Bonchev–Trinajstić information content (AvgIpc) is 1.56. The highest BCUT2D eigenvalue weighted by Gasteiger charge is 2.27. The van der Waals surface area contributed by atoms with Crippen LogP contribution in [0.3, 0.4) is 0 Å². The number of hydrogen-bond acceptors (Lipinski definition) is 2. The number of imidazole rings is 1. The number of hydrogen-bond donors (Lipinski definition) is 0. The number of para-hydroxylation sites is 8. The Kier molecular flexibility index (Phi) is 11.4. The zero-order valence-electron chi connectivity index (χ0n) is 49.8. The van der Waals surface area contributed by atoms with E-state index in [1.54, 1.807) is 0 Å². The zero-order valence-corrected chi connectivity index (χ0v) is 49.8. The van der Waals surface area contributed by atoms with Crippen LogP contribution < -0.4 is 9.30 Å². The molecule has 0 saturated heterocycles. The predicted molar refractivity (Wildman–Crippen MR) is 369 cm³/mol. The van der Waals surface area contributed by atoms with E-state index in [-0.39, 0.29) is 5.41 Å². The van der Waals surface area contributed by atoms with Gasteiger partial charge in [0, 0.05) is 66.7 Å². The highest BCUT2D eigenvalue weighted by atomic mass is 16.5. The first-order valence-electron chi connectivity index (χ1n) is 30.8. The van der Waals surface area contributed by atoms with Crippen molar-refractivity contribution in [1.29, 1.82) is 0 Å². The molecule has 0 aliphatic rings. The fourth-order valence-electron chi connectivity index (χ4n) is 14.2. The van der Waals surface area contributed by atoms with Gasteiger partial charge in [-0.2, -0.15) is 0 Å². The Bertz CT molecular complexity index is 5880. The summed E-state index contributed by atoms with van der Waals surface area (Å²) in [5.74, 6) is 2.27. The molecule has 0 aliphatic heterocycles. The quantitative estimate of drug-likeness (QED) is 0.107. The van der Waals surface area contributed by atoms with Crippen LogP contribution in [0.5, 0.6) is 11.5 Å². The van der Waals surface area contributed by atoms with Crippen LogP contribution >= 0.6 is 0 Å². The van der Waals surface area contributed by atoms with Crippen LogP contribution in [0, 0.1) is 6.33 Å². The van der Waals surface area contributed by atoms with Gasteiger partial charge in [0.25, 0.3) is 6.33 Å². The fourth-order valence-corrected chi connectivity index (χ4v) is 14.2. The molecule has 0 atom stereocenters. The Morgan fingerprint density at radius 1 is 0.356 bits per heavy atom. The first-order valence-corrected chi connectivity index (χ1v) is 30.8. The summed E-state index contributed by atoms with van der Waals surface area (Å²) < 4.78 is 21.0. The van der Waals surface area contributed by atoms with Crippen molar-refractivity contribution in [3.8, 4) is 56.9 Å². The van der Waals surface area contributed by atoms with Gasteiger partial charge in [-0.3, -0.25) is 13.7 Å². The minimum atomic E-state index is -0.0862. The number of ether oxygens (including phenoxy) is 1. The summed E-state index contributed by atoms with van der Waals surface area (Å²) in [5.41, 5.74) is 19.5. The van der Waals surface area contributed by atoms with E-state index in [0.717, 1.165) is 106 Å². The van der Waals surface area contributed by atoms with Gasteiger partial charge in [0.15, 0.2) is 0 Å². The molecule has 18 aromatic rings. The molecule has 12 aromatic carbocycles. The molecule has 6 aromatic heterocycles. The number of rotatable bonds is 9. The minimum Gasteiger partial charge on any atom is -0.458 e. The Morgan fingerprint density at radius 3 is 1.51 bits per heavy atom. The lowest BCUT2D eigenvalue weighted by molar-refractivity contribution is -0.570. The summed E-state index contributed by atoms with van der Waals surface area (Å²) in [6.07, 6.45) is 5.93. The van der Waals surface area contributed by atoms with Gasteiger partial charge >= 0.3 is 0 Å². The summed E-state index contributed by atoms with van der Waals surface area (Å²) in [6.45, 7) is 6.76. The molecule has 0 saturated carbocycles. The summed E-state index contributed by atoms with van der Waals surface area (Å²) >= 11 is 0. The van der Waals surface area contributed by atoms with Gasteiger partial charge in [-0.15, -0.1) is 0 Å². The van der Waals surface area contributed by atoms with Gasteiger partial charge < -0.3 is 18.4 Å². The molecule has 18 rings (SSSR count). The van der Waals surface area contributed by atoms with Crippen molar-refractivity contribution in [2.75, 3.05) is 0 Å². The lowest BCUT2D eigenvalue weighted by Gasteiger charge is -2.20. The third-order valence-corrected chi connectivity index (χ3v) is 18.3. The van der Waals surface area contributed by atoms with Crippen LogP contribution in [0.4, 0.5) is 0 Å². The molecule has 90 heavy (non-hydrogen) atoms. The molecule has 8 nitrogen and oxygen atoms in total. The maximum Gasteiger partial charge on any atom is 0.269 e. The maximum atomic E-state index is 7.05. The van der Waals surface area contributed by atoms with Gasteiger partial charge in [0.1, 0.15) is 23.0 Å². The van der Waals surface area contributed by atoms with Crippen molar-refractivity contribution in [3.63, 3.8) is 0 Å². The molecule has 0 N–H and O–H groups in total. The third kappa shape index (κ3) is 7.94. The molecule has 0 bridgehead atoms. The number of fused-ring (bicyclic) bond motifs is 13. The molecule has 0 radical (unpaired) electrons. The van der Waals surface area contributed by atoms with Crippen LogP contribution in [-0.4, -0.2) is 27.8 Å². The number of pyridine rings is 1. The molecule has 0 fully saturated rings. The van der Waals surface area contributed by atoms with E-state index in [1.807, 2.05) is 12.3 Å². The second-order valence-electron chi connectivity index (χ2n) is 24.6. The van der Waals surface area contributed by atoms with Crippen LogP contribution in [0.15, 0.2) is 291 Å². The monoisotopic (exact) mass is 1160 g/mol. The molecular formula is C82H57N7O. The smallest absolute Gasteiger partial charge is 0.269 e. The second-order valence-corrected chi connectivity index (χ2v) is 24.6. The molecule has 0 aliphatic carbocycles. The van der Waals surface area contributed by atoms with Crippen molar-refractivity contribution >= 4 is 98.3 Å². The Hall–Kier alpha value is -11.7. The van der Waals surface area contributed by atoms with Crippen molar-refractivity contribution in [1.82, 2.24) is 27.8 Å². The molecule has 0 spiro atoms. The summed E-state index contributed by atoms with van der Waals surface area (Å²) in [6, 6.07) is 103. The van der Waals surface area contributed by atoms with Crippen LogP contribution in [0.1, 0.15) is 26.3 Å². The van der Waals surface area contributed by atoms with Gasteiger partial charge in [-0.1, -0.05) is 178 Å². The van der Waals surface area contributed by atoms with E-state index >= 15 is 0 Å². The largest absolute Gasteiger partial charge is 0.458 e. The van der Waals surface area contributed by atoms with Crippen LogP contribution in [-0.2, 0) is 5.41 Å². The van der Waals surface area contributed by atoms with Crippen molar-refractivity contribution < 1.29 is 9.30 Å². The number of benzene rings is 12. The predicted octanol–water partition coefficient (Wildman–Crippen LogP) is 20.2. The van der Waals surface area contributed by atoms with E-state index in [1.165, 1.54) is 43.5 Å². The van der Waals surface area contributed by atoms with E-state index in [2.05, 4.69) is 334 Å². The molecular weight excluding hydrogens is 1100 g/mol. The topological polar surface area (TPSA) is 50.6 Å². The number of nitrogens with zero attached hydrogens (tertiary/aromatic N) is 7. The van der Waals surface area contributed by atoms with Crippen molar-refractivity contribution in [2.45, 2.75) is 26.2 Å². The average molecular weight is 1160 g/mol. The van der Waals surface area contributed by atoms with E-state index < -0.39 is 0 Å². The molecule has 0 amide bonds. The van der Waals surface area contributed by atoms with Gasteiger partial charge in [-0.25, -0.2) is 4.98 Å². The first-order chi connectivity index (χ1) is 44.3. The highest BCUT2D eigenvalue weighted by molar-refractivity contribution is 6.16. The lowest BCUT2D eigenvalue weighted by Crippen LogP contribution is -2.32. The molecule has 0 unspecified atom stereocenters. The van der Waals surface area contributed by atoms with Crippen LogP contribution in [0.25, 0.3) is 144 Å². The minimum absolute atomic E-state index is 0.0862. The lowest BCUT2D eigenvalue weighted by atomic mass is 9.88. The zero-order chi connectivity index (χ0) is 59.8. The Morgan fingerprint density at radius 2 is 0.856 bits per heavy atom. The van der Waals surface area contributed by atoms with Crippen LogP contribution in [0.2, 0.25) is 0 Å². The standard InChI is InChI=1S/C82H57N7O/c1-82(2,3)55-45-46-83-79(49-55)89-74-43-38-54(53-37-42-73-67(47-53)64-30-13-14-31-69(64)86(73)56-21-6-4-7-22-56)48-68(74)65-40-39-60(51-78(65)89)90-59-26-20-25-58(50-59)84-52-85(76-36-19-18-35-75(76)84)81-77(88-71-33-16-10-27-61(71)62-28-11-17-34-72(62)88)44-41-66-63-29-12-15-32-70(63)87(80(66)81)57-23-8-5-9-24-57/h4-51H,1-3H3. The van der Waals surface area contributed by atoms with Gasteiger partial charge in [-0.05, 0) is 143 Å². The summed E-state index contributed by atoms with van der Waals surface area (Å²) in [7, 11) is 0. The Balaban J connectivity index is 0.788. The molecule has 6 heterocycles. The second kappa shape index (κ2) is 19.9. The summed E-state index contributed by atoms with van der Waals surface area (Å²) in [4.78, 5) is 5.08. The van der Waals surface area contributed by atoms with E-state index in [4.69, 9.17) is 9.72 Å². The van der Waals surface area contributed by atoms with Crippen molar-refractivity contribution in [2.24, 2.45) is 0 Å². The third-order valence-electron chi connectivity index (χ3n) is 18.3. The Labute approximate surface area is 518 Å².